The molecule has 0 aliphatic heterocycles. The molecule has 0 aromatic heterocycles. The largest absolute Gasteiger partial charge is 0.367 e. The number of hydrogen-bond donors (Lipinski definition) is 1. The molecule has 0 spiro atoms. The van der Waals surface area contributed by atoms with Crippen LogP contribution >= 0.6 is 0 Å². The van der Waals surface area contributed by atoms with E-state index in [4.69, 9.17) is 0 Å². The smallest absolute Gasteiger partial charge is 0.269 e. The second-order valence-corrected chi connectivity index (χ2v) is 4.99. The number of carbonyl (C=O) groups excluding carboxylic acids is 1. The van der Waals surface area contributed by atoms with E-state index >= 15 is 0 Å². The van der Waals surface area contributed by atoms with Crippen molar-refractivity contribution in [3.8, 4) is 0 Å². The molecule has 1 N–H and O–H groups in total. The Bertz CT molecular complexity index is 556. The summed E-state index contributed by atoms with van der Waals surface area (Å²) in [7, 11) is 3.61. The van der Waals surface area contributed by atoms with Crippen LogP contribution < -0.4 is 5.43 Å². The van der Waals surface area contributed by atoms with Crippen LogP contribution in [0.5, 0.6) is 0 Å². The number of benzene rings is 1. The van der Waals surface area contributed by atoms with Gasteiger partial charge in [-0.2, -0.15) is 5.10 Å². The molecule has 7 nitrogen and oxygen atoms in total. The molecule has 1 amide bonds. The first-order valence-electron chi connectivity index (χ1n) is 6.23. The van der Waals surface area contributed by atoms with E-state index in [1.807, 2.05) is 6.07 Å². The topological polar surface area (TPSA) is 87.8 Å². The number of non-ortho nitro benzene ring substituents is 1. The monoisotopic (exact) mass is 276 g/mol. The lowest BCUT2D eigenvalue weighted by molar-refractivity contribution is -0.384. The van der Waals surface area contributed by atoms with E-state index in [9.17, 15) is 14.9 Å². The van der Waals surface area contributed by atoms with E-state index in [0.29, 0.717) is 6.42 Å². The highest BCUT2D eigenvalue weighted by molar-refractivity contribution is 5.83. The van der Waals surface area contributed by atoms with Gasteiger partial charge in [-0.1, -0.05) is 12.1 Å². The molecule has 1 aliphatic carbocycles. The number of rotatable bonds is 5. The molecule has 0 saturated heterocycles. The van der Waals surface area contributed by atoms with Gasteiger partial charge in [0.05, 0.1) is 4.92 Å². The Morgan fingerprint density at radius 2 is 2.30 bits per heavy atom. The van der Waals surface area contributed by atoms with Crippen molar-refractivity contribution in [1.29, 1.82) is 0 Å². The lowest BCUT2D eigenvalue weighted by Crippen LogP contribution is -2.22. The van der Waals surface area contributed by atoms with E-state index in [-0.39, 0.29) is 23.4 Å². The molecule has 1 aliphatic rings. The number of carbonyl (C=O) groups is 1. The van der Waals surface area contributed by atoms with Crippen molar-refractivity contribution in [3.05, 3.63) is 39.9 Å². The summed E-state index contributed by atoms with van der Waals surface area (Å²) in [5.74, 6) is -0.264. The van der Waals surface area contributed by atoms with Gasteiger partial charge in [0.25, 0.3) is 5.69 Å². The van der Waals surface area contributed by atoms with Crippen molar-refractivity contribution >= 4 is 17.9 Å². The van der Waals surface area contributed by atoms with Crippen LogP contribution in [-0.4, -0.2) is 36.2 Å². The fourth-order valence-corrected chi connectivity index (χ4v) is 2.01. The maximum Gasteiger partial charge on any atom is 0.269 e. The van der Waals surface area contributed by atoms with Crippen molar-refractivity contribution in [2.24, 2.45) is 11.0 Å². The highest BCUT2D eigenvalue weighted by Crippen LogP contribution is 2.48. The standard InChI is InChI=1S/C13H16N4O3/c1-16(2)8-14-15-13(18)12-7-11(12)9-4-3-5-10(6-9)17(19)20/h3-6,8,11-12H,7H2,1-2H3,(H,15,18). The molecule has 2 unspecified atom stereocenters. The van der Waals surface area contributed by atoms with E-state index in [1.54, 1.807) is 25.1 Å². The van der Waals surface area contributed by atoms with Crippen LogP contribution in [0.15, 0.2) is 29.4 Å². The molecular formula is C13H16N4O3. The highest BCUT2D eigenvalue weighted by Gasteiger charge is 2.44. The first-order valence-corrected chi connectivity index (χ1v) is 6.23. The molecule has 1 aromatic carbocycles. The fourth-order valence-electron chi connectivity index (χ4n) is 2.01. The first kappa shape index (κ1) is 14.0. The Kier molecular flexibility index (Phi) is 3.97. The Morgan fingerprint density at radius 1 is 1.55 bits per heavy atom. The normalized spacial score (nSPS) is 20.7. The maximum atomic E-state index is 11.8. The van der Waals surface area contributed by atoms with Gasteiger partial charge in [0.1, 0.15) is 6.34 Å². The van der Waals surface area contributed by atoms with Gasteiger partial charge in [-0.05, 0) is 17.9 Å². The van der Waals surface area contributed by atoms with Gasteiger partial charge >= 0.3 is 0 Å². The minimum absolute atomic E-state index is 0.0458. The Labute approximate surface area is 116 Å². The number of hydrazone groups is 1. The number of nitrogens with one attached hydrogen (secondary N) is 1. The predicted octanol–water partition coefficient (Wildman–Crippen LogP) is 1.32. The van der Waals surface area contributed by atoms with Crippen LogP contribution in [0.25, 0.3) is 0 Å². The van der Waals surface area contributed by atoms with E-state index in [1.165, 1.54) is 18.5 Å². The third-order valence-corrected chi connectivity index (χ3v) is 3.10. The number of nitro groups is 1. The molecular weight excluding hydrogens is 260 g/mol. The van der Waals surface area contributed by atoms with Crippen LogP contribution in [0.4, 0.5) is 5.69 Å². The van der Waals surface area contributed by atoms with Crippen LogP contribution in [-0.2, 0) is 4.79 Å². The summed E-state index contributed by atoms with van der Waals surface area (Å²) in [6, 6.07) is 6.43. The molecule has 106 valence electrons. The number of hydrogen-bond acceptors (Lipinski definition) is 4. The van der Waals surface area contributed by atoms with Gasteiger partial charge < -0.3 is 4.90 Å². The van der Waals surface area contributed by atoms with E-state index in [0.717, 1.165) is 5.56 Å². The fraction of sp³-hybridized carbons (Fsp3) is 0.385. The first-order chi connectivity index (χ1) is 9.49. The summed E-state index contributed by atoms with van der Waals surface area (Å²) >= 11 is 0. The van der Waals surface area contributed by atoms with E-state index < -0.39 is 4.92 Å². The molecule has 1 fully saturated rings. The lowest BCUT2D eigenvalue weighted by atomic mass is 10.1. The minimum atomic E-state index is -0.428. The average molecular weight is 276 g/mol. The lowest BCUT2D eigenvalue weighted by Gasteiger charge is -2.03. The Morgan fingerprint density at radius 3 is 2.95 bits per heavy atom. The highest BCUT2D eigenvalue weighted by atomic mass is 16.6. The van der Waals surface area contributed by atoms with Crippen molar-refractivity contribution in [2.45, 2.75) is 12.3 Å². The van der Waals surface area contributed by atoms with Gasteiger partial charge in [0.15, 0.2) is 0 Å². The molecule has 2 atom stereocenters. The van der Waals surface area contributed by atoms with Crippen LogP contribution in [0.2, 0.25) is 0 Å². The van der Waals surface area contributed by atoms with Crippen LogP contribution in [0.1, 0.15) is 17.9 Å². The van der Waals surface area contributed by atoms with Crippen molar-refractivity contribution in [1.82, 2.24) is 10.3 Å². The summed E-state index contributed by atoms with van der Waals surface area (Å²) in [4.78, 5) is 23.8. The Balaban J connectivity index is 1.96. The molecule has 7 heteroatoms. The average Bonchev–Trinajstić information content (AvgIpc) is 3.18. The molecule has 1 aromatic rings. The summed E-state index contributed by atoms with van der Waals surface area (Å²) in [6.07, 6.45) is 2.20. The van der Waals surface area contributed by atoms with Gasteiger partial charge in [-0.3, -0.25) is 14.9 Å². The quantitative estimate of drug-likeness (QED) is 0.380. The minimum Gasteiger partial charge on any atom is -0.367 e. The molecule has 1 saturated carbocycles. The number of nitro benzene ring substituents is 1. The summed E-state index contributed by atoms with van der Waals surface area (Å²) < 4.78 is 0. The predicted molar refractivity (Wildman–Crippen MR) is 74.3 cm³/mol. The second-order valence-electron chi connectivity index (χ2n) is 4.99. The molecule has 0 heterocycles. The zero-order chi connectivity index (χ0) is 14.7. The van der Waals surface area contributed by atoms with Crippen LogP contribution in [0, 0.1) is 16.0 Å². The summed E-state index contributed by atoms with van der Waals surface area (Å²) in [5, 5.41) is 14.5. The number of amides is 1. The zero-order valence-electron chi connectivity index (χ0n) is 11.3. The third-order valence-electron chi connectivity index (χ3n) is 3.10. The maximum absolute atomic E-state index is 11.8. The van der Waals surface area contributed by atoms with Crippen molar-refractivity contribution in [2.75, 3.05) is 14.1 Å². The Hall–Kier alpha value is -2.44. The SMILES string of the molecule is CN(C)C=NNC(=O)C1CC1c1cccc([N+](=O)[O-])c1. The summed E-state index contributed by atoms with van der Waals surface area (Å²) in [5.41, 5.74) is 3.35. The van der Waals surface area contributed by atoms with Crippen molar-refractivity contribution < 1.29 is 9.72 Å². The second kappa shape index (κ2) is 5.68. The van der Waals surface area contributed by atoms with Crippen molar-refractivity contribution in [3.63, 3.8) is 0 Å². The van der Waals surface area contributed by atoms with Gasteiger partial charge in [0.2, 0.25) is 5.91 Å². The molecule has 2 rings (SSSR count). The van der Waals surface area contributed by atoms with Gasteiger partial charge in [-0.15, -0.1) is 0 Å². The summed E-state index contributed by atoms with van der Waals surface area (Å²) in [6.45, 7) is 0. The molecule has 0 bridgehead atoms. The molecule has 20 heavy (non-hydrogen) atoms. The van der Waals surface area contributed by atoms with Gasteiger partial charge in [0, 0.05) is 32.1 Å². The number of nitrogens with zero attached hydrogens (tertiary/aromatic N) is 3. The molecule has 0 radical (unpaired) electrons. The van der Waals surface area contributed by atoms with Crippen LogP contribution in [0.3, 0.4) is 0 Å². The van der Waals surface area contributed by atoms with Gasteiger partial charge in [-0.25, -0.2) is 5.43 Å². The van der Waals surface area contributed by atoms with E-state index in [2.05, 4.69) is 10.5 Å². The third kappa shape index (κ3) is 3.31. The zero-order valence-corrected chi connectivity index (χ0v) is 11.3.